The Hall–Kier alpha value is -0.0900. The fourth-order valence-electron chi connectivity index (χ4n) is 0.331. The summed E-state index contributed by atoms with van der Waals surface area (Å²) in [6.45, 7) is 1.32. The van der Waals surface area contributed by atoms with Crippen LogP contribution in [0.4, 0.5) is 0 Å². The third-order valence-corrected chi connectivity index (χ3v) is 2.35. The number of carboxylic acid groups (broad SMARTS) is 1. The molecule has 0 heterocycles. The molecule has 54 valence electrons. The minimum atomic E-state index is -1.13. The van der Waals surface area contributed by atoms with E-state index in [1.165, 1.54) is 0 Å². The van der Waals surface area contributed by atoms with Crippen LogP contribution in [0.3, 0.4) is 0 Å². The van der Waals surface area contributed by atoms with Crippen molar-refractivity contribution in [1.82, 2.24) is 0 Å². The summed E-state index contributed by atoms with van der Waals surface area (Å²) >= 11 is 2.90. The Bertz CT molecular complexity index is 109. The highest BCUT2D eigenvalue weighted by molar-refractivity contribution is 9.10. The molecule has 0 aromatic rings. The van der Waals surface area contributed by atoms with E-state index in [4.69, 9.17) is 10.2 Å². The molecule has 1 atom stereocenters. The molecule has 0 aliphatic carbocycles. The minimum absolute atomic E-state index is 0.374. The van der Waals surface area contributed by atoms with Crippen LogP contribution in [0.2, 0.25) is 0 Å². The molecule has 0 aliphatic rings. The molecule has 3 nitrogen and oxygen atoms in total. The maximum absolute atomic E-state index is 10.3. The summed E-state index contributed by atoms with van der Waals surface area (Å²) in [6, 6.07) is 0. The van der Waals surface area contributed by atoms with Gasteiger partial charge in [-0.2, -0.15) is 0 Å². The highest BCUT2D eigenvalue weighted by atomic mass is 79.9. The molecule has 0 fully saturated rings. The van der Waals surface area contributed by atoms with Crippen molar-refractivity contribution in [3.05, 3.63) is 0 Å². The normalized spacial score (nSPS) is 16.8. The molecule has 0 rings (SSSR count). The van der Waals surface area contributed by atoms with Gasteiger partial charge in [0.15, 0.2) is 0 Å². The van der Waals surface area contributed by atoms with Gasteiger partial charge in [-0.25, -0.2) is 0 Å². The van der Waals surface area contributed by atoms with Gasteiger partial charge in [0.05, 0.1) is 6.61 Å². The molecular formula is C5H9BrO3. The lowest BCUT2D eigenvalue weighted by atomic mass is 10.1. The number of carboxylic acids is 1. The number of carbonyl (C=O) groups is 1. The summed E-state index contributed by atoms with van der Waals surface area (Å²) in [5, 5.41) is 17.0. The van der Waals surface area contributed by atoms with Gasteiger partial charge in [0.1, 0.15) is 4.32 Å². The van der Waals surface area contributed by atoms with Gasteiger partial charge in [-0.1, -0.05) is 22.9 Å². The van der Waals surface area contributed by atoms with Crippen LogP contribution in [0.5, 0.6) is 0 Å². The van der Waals surface area contributed by atoms with E-state index in [1.807, 2.05) is 0 Å². The molecule has 0 saturated carbocycles. The molecule has 1 unspecified atom stereocenters. The highest BCUT2D eigenvalue weighted by Gasteiger charge is 2.32. The summed E-state index contributed by atoms with van der Waals surface area (Å²) in [5.41, 5.74) is 0. The monoisotopic (exact) mass is 196 g/mol. The fraction of sp³-hybridized carbons (Fsp3) is 0.800. The van der Waals surface area contributed by atoms with Gasteiger partial charge in [0.2, 0.25) is 0 Å². The van der Waals surface area contributed by atoms with Crippen LogP contribution in [0.15, 0.2) is 0 Å². The van der Waals surface area contributed by atoms with Crippen molar-refractivity contribution in [3.63, 3.8) is 0 Å². The van der Waals surface area contributed by atoms with Gasteiger partial charge in [-0.15, -0.1) is 0 Å². The predicted molar refractivity (Wildman–Crippen MR) is 36.7 cm³/mol. The number of hydrogen-bond acceptors (Lipinski definition) is 2. The van der Waals surface area contributed by atoms with E-state index < -0.39 is 10.3 Å². The van der Waals surface area contributed by atoms with Crippen LogP contribution in [0.1, 0.15) is 13.3 Å². The minimum Gasteiger partial charge on any atom is -0.480 e. The fourth-order valence-corrected chi connectivity index (χ4v) is 0.331. The standard InChI is InChI=1S/C5H9BrO3/c1-2-5(6,3-7)4(8)9/h7H,2-3H2,1H3,(H,8,9). The lowest BCUT2D eigenvalue weighted by Gasteiger charge is -2.16. The van der Waals surface area contributed by atoms with E-state index in [2.05, 4.69) is 15.9 Å². The molecule has 0 aromatic heterocycles. The number of halogens is 1. The average Bonchev–Trinajstić information content (AvgIpc) is 1.86. The smallest absolute Gasteiger partial charge is 0.322 e. The lowest BCUT2D eigenvalue weighted by molar-refractivity contribution is -0.140. The first-order chi connectivity index (χ1) is 4.06. The van der Waals surface area contributed by atoms with Crippen LogP contribution in [0, 0.1) is 0 Å². The first kappa shape index (κ1) is 8.91. The van der Waals surface area contributed by atoms with Crippen LogP contribution in [-0.4, -0.2) is 27.1 Å². The average molecular weight is 197 g/mol. The highest BCUT2D eigenvalue weighted by Crippen LogP contribution is 2.21. The van der Waals surface area contributed by atoms with Gasteiger partial charge in [0.25, 0.3) is 0 Å². The Morgan fingerprint density at radius 3 is 2.22 bits per heavy atom. The van der Waals surface area contributed by atoms with Crippen LogP contribution < -0.4 is 0 Å². The topological polar surface area (TPSA) is 57.5 Å². The Morgan fingerprint density at radius 2 is 2.22 bits per heavy atom. The summed E-state index contributed by atoms with van der Waals surface area (Å²) in [7, 11) is 0. The zero-order valence-corrected chi connectivity index (χ0v) is 6.68. The quantitative estimate of drug-likeness (QED) is 0.651. The largest absolute Gasteiger partial charge is 0.480 e. The molecule has 0 amide bonds. The summed E-state index contributed by atoms with van der Waals surface area (Å²) in [4.78, 5) is 10.3. The molecule has 0 bridgehead atoms. The van der Waals surface area contributed by atoms with Crippen LogP contribution in [0.25, 0.3) is 0 Å². The SMILES string of the molecule is CCC(Br)(CO)C(=O)O. The zero-order valence-electron chi connectivity index (χ0n) is 5.09. The van der Waals surface area contributed by atoms with E-state index in [1.54, 1.807) is 6.92 Å². The number of hydrogen-bond donors (Lipinski definition) is 2. The van der Waals surface area contributed by atoms with Crippen molar-refractivity contribution in [2.24, 2.45) is 0 Å². The Kier molecular flexibility index (Phi) is 3.14. The third kappa shape index (κ3) is 1.95. The summed E-state index contributed by atoms with van der Waals surface area (Å²) < 4.78 is -1.13. The van der Waals surface area contributed by atoms with Gasteiger partial charge in [0, 0.05) is 0 Å². The van der Waals surface area contributed by atoms with Crippen LogP contribution >= 0.6 is 15.9 Å². The van der Waals surface area contributed by atoms with Gasteiger partial charge >= 0.3 is 5.97 Å². The number of aliphatic hydroxyl groups excluding tert-OH is 1. The predicted octanol–water partition coefficient (Wildman–Crippen LogP) is 0.607. The first-order valence-electron chi connectivity index (χ1n) is 2.60. The number of rotatable bonds is 3. The number of alkyl halides is 1. The van der Waals surface area contributed by atoms with E-state index in [0.29, 0.717) is 6.42 Å². The molecular weight excluding hydrogens is 188 g/mol. The molecule has 2 N–H and O–H groups in total. The molecule has 0 aliphatic heterocycles. The Balaban J connectivity index is 4.09. The summed E-state index contributed by atoms with van der Waals surface area (Å²) in [6.07, 6.45) is 0.374. The molecule has 0 spiro atoms. The van der Waals surface area contributed by atoms with Gasteiger partial charge in [-0.3, -0.25) is 4.79 Å². The Labute approximate surface area is 61.8 Å². The maximum Gasteiger partial charge on any atom is 0.322 e. The molecule has 0 radical (unpaired) electrons. The van der Waals surface area contributed by atoms with Crippen molar-refractivity contribution < 1.29 is 15.0 Å². The van der Waals surface area contributed by atoms with Crippen LogP contribution in [-0.2, 0) is 4.79 Å². The van der Waals surface area contributed by atoms with Crippen molar-refractivity contribution in [1.29, 1.82) is 0 Å². The summed E-state index contributed by atoms with van der Waals surface area (Å²) in [5.74, 6) is -1.02. The van der Waals surface area contributed by atoms with Gasteiger partial charge in [-0.05, 0) is 6.42 Å². The number of aliphatic hydroxyl groups is 1. The first-order valence-corrected chi connectivity index (χ1v) is 3.39. The van der Waals surface area contributed by atoms with Crippen molar-refractivity contribution >= 4 is 21.9 Å². The third-order valence-electron chi connectivity index (χ3n) is 1.19. The Morgan fingerprint density at radius 1 is 1.78 bits per heavy atom. The van der Waals surface area contributed by atoms with E-state index in [9.17, 15) is 4.79 Å². The number of aliphatic carboxylic acids is 1. The van der Waals surface area contributed by atoms with Crippen molar-refractivity contribution in [2.45, 2.75) is 17.7 Å². The van der Waals surface area contributed by atoms with Gasteiger partial charge < -0.3 is 10.2 Å². The molecule has 0 aromatic carbocycles. The maximum atomic E-state index is 10.3. The van der Waals surface area contributed by atoms with Crippen molar-refractivity contribution in [2.75, 3.05) is 6.61 Å². The van der Waals surface area contributed by atoms with E-state index in [-0.39, 0.29) is 6.61 Å². The molecule has 9 heavy (non-hydrogen) atoms. The zero-order chi connectivity index (χ0) is 7.49. The van der Waals surface area contributed by atoms with Crippen molar-refractivity contribution in [3.8, 4) is 0 Å². The second-order valence-electron chi connectivity index (χ2n) is 1.78. The van der Waals surface area contributed by atoms with E-state index >= 15 is 0 Å². The second kappa shape index (κ2) is 3.17. The second-order valence-corrected chi connectivity index (χ2v) is 3.30. The lowest BCUT2D eigenvalue weighted by Crippen LogP contribution is -2.34. The molecule has 4 heteroatoms. The molecule has 0 saturated heterocycles. The van der Waals surface area contributed by atoms with E-state index in [0.717, 1.165) is 0 Å².